The zero-order chi connectivity index (χ0) is 13.8. The Labute approximate surface area is 126 Å². The molecule has 1 aromatic heterocycles. The molecular weight excluding hydrogens is 325 g/mol. The number of halogens is 2. The number of benzene rings is 1. The number of thiophene rings is 1. The smallest absolute Gasteiger partial charge is 0.129 e. The minimum Gasteiger partial charge on any atom is -0.306 e. The van der Waals surface area contributed by atoms with E-state index in [-0.39, 0.29) is 11.9 Å². The number of nitrogens with one attached hydrogen (secondary N) is 1. The van der Waals surface area contributed by atoms with Gasteiger partial charge in [0.05, 0.1) is 6.04 Å². The van der Waals surface area contributed by atoms with Gasteiger partial charge in [-0.2, -0.15) is 0 Å². The van der Waals surface area contributed by atoms with Gasteiger partial charge in [-0.1, -0.05) is 28.9 Å². The van der Waals surface area contributed by atoms with E-state index in [4.69, 9.17) is 0 Å². The van der Waals surface area contributed by atoms with Gasteiger partial charge in [0.25, 0.3) is 0 Å². The van der Waals surface area contributed by atoms with Crippen LogP contribution in [0.25, 0.3) is 0 Å². The van der Waals surface area contributed by atoms with Gasteiger partial charge in [-0.05, 0) is 49.0 Å². The third kappa shape index (κ3) is 3.44. The van der Waals surface area contributed by atoms with Crippen LogP contribution in [-0.2, 0) is 0 Å². The van der Waals surface area contributed by atoms with E-state index in [2.05, 4.69) is 46.5 Å². The van der Waals surface area contributed by atoms with Gasteiger partial charge in [-0.3, -0.25) is 0 Å². The van der Waals surface area contributed by atoms with E-state index in [1.54, 1.807) is 11.3 Å². The third-order valence-corrected chi connectivity index (χ3v) is 4.61. The fourth-order valence-electron chi connectivity index (χ4n) is 2.05. The maximum absolute atomic E-state index is 14.2. The fraction of sp³-hybridized carbons (Fsp3) is 0.333. The Hall–Kier alpha value is -0.710. The molecule has 0 fully saturated rings. The molecule has 0 saturated heterocycles. The van der Waals surface area contributed by atoms with Crippen molar-refractivity contribution in [3.63, 3.8) is 0 Å². The van der Waals surface area contributed by atoms with Gasteiger partial charge in [-0.15, -0.1) is 11.3 Å². The molecule has 1 N–H and O–H groups in total. The topological polar surface area (TPSA) is 12.0 Å². The molecule has 0 bridgehead atoms. The molecule has 1 aromatic carbocycles. The largest absolute Gasteiger partial charge is 0.306 e. The van der Waals surface area contributed by atoms with Crippen LogP contribution < -0.4 is 5.32 Å². The molecular formula is C15H17BrFNS. The molecule has 0 amide bonds. The summed E-state index contributed by atoms with van der Waals surface area (Å²) in [5, 5.41) is 5.50. The van der Waals surface area contributed by atoms with Crippen LogP contribution in [-0.4, -0.2) is 6.54 Å². The van der Waals surface area contributed by atoms with Crippen molar-refractivity contribution in [3.8, 4) is 0 Å². The van der Waals surface area contributed by atoms with Crippen molar-refractivity contribution in [2.75, 3.05) is 6.54 Å². The molecule has 102 valence electrons. The van der Waals surface area contributed by atoms with Crippen LogP contribution in [0, 0.1) is 12.7 Å². The number of aryl methyl sites for hydroxylation is 1. The second-order valence-electron chi connectivity index (χ2n) is 4.52. The molecule has 0 aliphatic carbocycles. The molecule has 1 atom stereocenters. The van der Waals surface area contributed by atoms with Crippen LogP contribution in [0.2, 0.25) is 0 Å². The van der Waals surface area contributed by atoms with Crippen LogP contribution in [0.15, 0.2) is 34.1 Å². The summed E-state index contributed by atoms with van der Waals surface area (Å²) >= 11 is 4.98. The lowest BCUT2D eigenvalue weighted by Crippen LogP contribution is -2.23. The highest BCUT2D eigenvalue weighted by Crippen LogP contribution is 2.31. The maximum atomic E-state index is 14.2. The average molecular weight is 342 g/mol. The van der Waals surface area contributed by atoms with Crippen molar-refractivity contribution < 1.29 is 4.39 Å². The monoisotopic (exact) mass is 341 g/mol. The van der Waals surface area contributed by atoms with Gasteiger partial charge < -0.3 is 5.32 Å². The van der Waals surface area contributed by atoms with Crippen molar-refractivity contribution >= 4 is 27.3 Å². The predicted molar refractivity (Wildman–Crippen MR) is 83.3 cm³/mol. The van der Waals surface area contributed by atoms with Gasteiger partial charge in [0.2, 0.25) is 0 Å². The first kappa shape index (κ1) is 14.7. The molecule has 1 heterocycles. The molecule has 4 heteroatoms. The standard InChI is InChI=1S/C15H17BrFNS/c1-3-7-18-14(15-10(2)6-8-19-15)12-5-4-11(16)9-13(12)17/h4-6,8-9,14,18H,3,7H2,1-2H3. The summed E-state index contributed by atoms with van der Waals surface area (Å²) in [6.07, 6.45) is 1.03. The number of hydrogen-bond acceptors (Lipinski definition) is 2. The molecule has 0 aliphatic heterocycles. The molecule has 0 aliphatic rings. The molecule has 2 aromatic rings. The Bertz CT molecular complexity index is 553. The van der Waals surface area contributed by atoms with E-state index in [1.807, 2.05) is 12.1 Å². The van der Waals surface area contributed by atoms with Crippen LogP contribution >= 0.6 is 27.3 Å². The lowest BCUT2D eigenvalue weighted by atomic mass is 10.0. The Kier molecular flexibility index (Phi) is 5.13. The van der Waals surface area contributed by atoms with E-state index < -0.39 is 0 Å². The minimum atomic E-state index is -0.171. The van der Waals surface area contributed by atoms with Crippen molar-refractivity contribution in [3.05, 3.63) is 55.9 Å². The molecule has 0 radical (unpaired) electrons. The summed E-state index contributed by atoms with van der Waals surface area (Å²) in [7, 11) is 0. The second kappa shape index (κ2) is 6.64. The van der Waals surface area contributed by atoms with Crippen molar-refractivity contribution in [1.82, 2.24) is 5.32 Å². The minimum absolute atomic E-state index is 0.0620. The molecule has 19 heavy (non-hydrogen) atoms. The van der Waals surface area contributed by atoms with Crippen LogP contribution in [0.3, 0.4) is 0 Å². The molecule has 2 rings (SSSR count). The average Bonchev–Trinajstić information content (AvgIpc) is 2.78. The number of hydrogen-bond donors (Lipinski definition) is 1. The molecule has 0 spiro atoms. The van der Waals surface area contributed by atoms with E-state index >= 15 is 0 Å². The highest BCUT2D eigenvalue weighted by molar-refractivity contribution is 9.10. The Morgan fingerprint density at radius 3 is 2.74 bits per heavy atom. The quantitative estimate of drug-likeness (QED) is 0.802. The van der Waals surface area contributed by atoms with Gasteiger partial charge in [0.1, 0.15) is 5.82 Å². The van der Waals surface area contributed by atoms with Crippen molar-refractivity contribution in [1.29, 1.82) is 0 Å². The highest BCUT2D eigenvalue weighted by Gasteiger charge is 2.20. The summed E-state index contributed by atoms with van der Waals surface area (Å²) in [6.45, 7) is 5.06. The Morgan fingerprint density at radius 2 is 2.16 bits per heavy atom. The summed E-state index contributed by atoms with van der Waals surface area (Å²) in [4.78, 5) is 1.19. The number of rotatable bonds is 5. The van der Waals surface area contributed by atoms with Gasteiger partial charge in [-0.25, -0.2) is 4.39 Å². The Morgan fingerprint density at radius 1 is 1.37 bits per heavy atom. The first-order valence-electron chi connectivity index (χ1n) is 6.35. The highest BCUT2D eigenvalue weighted by atomic mass is 79.9. The molecule has 1 nitrogen and oxygen atoms in total. The predicted octanol–water partition coefficient (Wildman–Crippen LogP) is 5.05. The first-order chi connectivity index (χ1) is 9.13. The summed E-state index contributed by atoms with van der Waals surface area (Å²) < 4.78 is 15.0. The second-order valence-corrected chi connectivity index (χ2v) is 6.38. The lowest BCUT2D eigenvalue weighted by molar-refractivity contribution is 0.549. The van der Waals surface area contributed by atoms with Gasteiger partial charge in [0, 0.05) is 14.9 Å². The zero-order valence-electron chi connectivity index (χ0n) is 11.0. The molecule has 0 saturated carbocycles. The zero-order valence-corrected chi connectivity index (χ0v) is 13.4. The Balaban J connectivity index is 2.40. The van der Waals surface area contributed by atoms with Gasteiger partial charge in [0.15, 0.2) is 0 Å². The summed E-state index contributed by atoms with van der Waals surface area (Å²) in [6, 6.07) is 7.29. The third-order valence-electron chi connectivity index (χ3n) is 3.04. The van der Waals surface area contributed by atoms with E-state index in [0.29, 0.717) is 5.56 Å². The maximum Gasteiger partial charge on any atom is 0.129 e. The van der Waals surface area contributed by atoms with Crippen LogP contribution in [0.1, 0.15) is 35.4 Å². The first-order valence-corrected chi connectivity index (χ1v) is 8.03. The van der Waals surface area contributed by atoms with E-state index in [0.717, 1.165) is 17.4 Å². The fourth-order valence-corrected chi connectivity index (χ4v) is 3.40. The van der Waals surface area contributed by atoms with Crippen LogP contribution in [0.4, 0.5) is 4.39 Å². The summed E-state index contributed by atoms with van der Waals surface area (Å²) in [5.74, 6) is -0.171. The SMILES string of the molecule is CCCNC(c1ccc(Br)cc1F)c1sccc1C. The van der Waals surface area contributed by atoms with Crippen molar-refractivity contribution in [2.24, 2.45) is 0 Å². The normalized spacial score (nSPS) is 12.6. The van der Waals surface area contributed by atoms with Crippen molar-refractivity contribution in [2.45, 2.75) is 26.3 Å². The van der Waals surface area contributed by atoms with Crippen LogP contribution in [0.5, 0.6) is 0 Å². The lowest BCUT2D eigenvalue weighted by Gasteiger charge is -2.19. The molecule has 1 unspecified atom stereocenters. The van der Waals surface area contributed by atoms with Gasteiger partial charge >= 0.3 is 0 Å². The van der Waals surface area contributed by atoms with E-state index in [1.165, 1.54) is 16.5 Å². The van der Waals surface area contributed by atoms with E-state index in [9.17, 15) is 4.39 Å². The summed E-state index contributed by atoms with van der Waals surface area (Å²) in [5.41, 5.74) is 1.92.